The Morgan fingerprint density at radius 2 is 2.25 bits per heavy atom. The number of nitrogens with two attached hydrogens (primary N) is 1. The van der Waals surface area contributed by atoms with E-state index in [4.69, 9.17) is 22.1 Å². The lowest BCUT2D eigenvalue weighted by atomic mass is 10.2. The van der Waals surface area contributed by atoms with E-state index in [0.717, 1.165) is 5.56 Å². The van der Waals surface area contributed by atoms with Crippen LogP contribution in [0.15, 0.2) is 18.2 Å². The highest BCUT2D eigenvalue weighted by Gasteiger charge is 2.28. The van der Waals surface area contributed by atoms with Crippen molar-refractivity contribution in [2.75, 3.05) is 13.2 Å². The summed E-state index contributed by atoms with van der Waals surface area (Å²) < 4.78 is 5.40. The topological polar surface area (TPSA) is 64.3 Å². The fourth-order valence-corrected chi connectivity index (χ4v) is 1.95. The molecule has 4 nitrogen and oxygen atoms in total. The summed E-state index contributed by atoms with van der Waals surface area (Å²) in [4.78, 5) is 11.6. The van der Waals surface area contributed by atoms with Crippen molar-refractivity contribution in [2.45, 2.75) is 25.8 Å². The molecule has 2 rings (SSSR count). The molecule has 1 atom stereocenters. The van der Waals surface area contributed by atoms with Gasteiger partial charge < -0.3 is 15.8 Å². The van der Waals surface area contributed by atoms with Gasteiger partial charge in [0.2, 0.25) is 0 Å². The van der Waals surface area contributed by atoms with Crippen molar-refractivity contribution in [3.8, 4) is 5.75 Å². The third-order valence-corrected chi connectivity index (χ3v) is 3.69. The number of aryl methyl sites for hydroxylation is 1. The largest absolute Gasteiger partial charge is 0.484 e. The summed E-state index contributed by atoms with van der Waals surface area (Å²) in [5, 5.41) is 3.47. The predicted molar refractivity (Wildman–Crippen MR) is 82.6 cm³/mol. The Morgan fingerprint density at radius 3 is 2.85 bits per heavy atom. The first-order chi connectivity index (χ1) is 9.06. The minimum Gasteiger partial charge on any atom is -0.484 e. The maximum Gasteiger partial charge on any atom is 0.257 e. The van der Waals surface area contributed by atoms with Crippen molar-refractivity contribution in [1.82, 2.24) is 5.32 Å². The van der Waals surface area contributed by atoms with Crippen molar-refractivity contribution >= 4 is 29.9 Å². The van der Waals surface area contributed by atoms with Gasteiger partial charge in [-0.05, 0) is 49.4 Å². The van der Waals surface area contributed by atoms with E-state index in [1.165, 1.54) is 12.8 Å². The molecule has 1 aromatic carbocycles. The number of carbonyl (C=O) groups is 1. The Bertz CT molecular complexity index is 464. The van der Waals surface area contributed by atoms with E-state index in [1.54, 1.807) is 12.1 Å². The van der Waals surface area contributed by atoms with Crippen molar-refractivity contribution in [3.63, 3.8) is 0 Å². The molecule has 20 heavy (non-hydrogen) atoms. The molecule has 112 valence electrons. The fraction of sp³-hybridized carbons (Fsp3) is 0.500. The maximum absolute atomic E-state index is 11.6. The monoisotopic (exact) mass is 318 g/mol. The molecule has 1 aliphatic carbocycles. The highest BCUT2D eigenvalue weighted by atomic mass is 35.5. The zero-order valence-electron chi connectivity index (χ0n) is 11.4. The third kappa shape index (κ3) is 5.19. The molecular weight excluding hydrogens is 299 g/mol. The van der Waals surface area contributed by atoms with Crippen LogP contribution in [0.5, 0.6) is 5.75 Å². The molecule has 0 radical (unpaired) electrons. The van der Waals surface area contributed by atoms with Crippen LogP contribution in [0.3, 0.4) is 0 Å². The van der Waals surface area contributed by atoms with Gasteiger partial charge in [-0.15, -0.1) is 12.4 Å². The average Bonchev–Trinajstić information content (AvgIpc) is 3.21. The van der Waals surface area contributed by atoms with Gasteiger partial charge in [-0.25, -0.2) is 0 Å². The lowest BCUT2D eigenvalue weighted by molar-refractivity contribution is -0.123. The molecule has 0 bridgehead atoms. The number of amides is 1. The SMILES string of the molecule is Cc1cc(OCC(=O)NCC(N)C2CC2)ccc1Cl.Cl. The van der Waals surface area contributed by atoms with Gasteiger partial charge in [0, 0.05) is 17.6 Å². The molecule has 3 N–H and O–H groups in total. The number of rotatable bonds is 6. The van der Waals surface area contributed by atoms with E-state index >= 15 is 0 Å². The lowest BCUT2D eigenvalue weighted by Crippen LogP contribution is -2.40. The minimum atomic E-state index is -0.149. The molecule has 0 spiro atoms. The van der Waals surface area contributed by atoms with Gasteiger partial charge in [-0.2, -0.15) is 0 Å². The first-order valence-corrected chi connectivity index (χ1v) is 6.85. The van der Waals surface area contributed by atoms with Crippen molar-refractivity contribution in [3.05, 3.63) is 28.8 Å². The van der Waals surface area contributed by atoms with Crippen LogP contribution < -0.4 is 15.8 Å². The van der Waals surface area contributed by atoms with E-state index in [1.807, 2.05) is 13.0 Å². The molecule has 1 fully saturated rings. The van der Waals surface area contributed by atoms with Crippen LogP contribution in [0.25, 0.3) is 0 Å². The zero-order chi connectivity index (χ0) is 13.8. The Labute approximate surface area is 130 Å². The third-order valence-electron chi connectivity index (χ3n) is 3.26. The summed E-state index contributed by atoms with van der Waals surface area (Å²) in [7, 11) is 0. The first kappa shape index (κ1) is 17.1. The summed E-state index contributed by atoms with van der Waals surface area (Å²) >= 11 is 5.91. The second-order valence-electron chi connectivity index (χ2n) is 5.01. The molecule has 0 aromatic heterocycles. The molecule has 6 heteroatoms. The van der Waals surface area contributed by atoms with E-state index < -0.39 is 0 Å². The fourth-order valence-electron chi connectivity index (χ4n) is 1.83. The van der Waals surface area contributed by atoms with Crippen molar-refractivity contribution < 1.29 is 9.53 Å². The highest BCUT2D eigenvalue weighted by Crippen LogP contribution is 2.31. The van der Waals surface area contributed by atoms with Crippen LogP contribution in [0.4, 0.5) is 0 Å². The number of ether oxygens (including phenoxy) is 1. The molecular formula is C14H20Cl2N2O2. The van der Waals surface area contributed by atoms with Crippen molar-refractivity contribution in [2.24, 2.45) is 11.7 Å². The highest BCUT2D eigenvalue weighted by molar-refractivity contribution is 6.31. The molecule has 1 aliphatic rings. The number of hydrogen-bond acceptors (Lipinski definition) is 3. The van der Waals surface area contributed by atoms with Gasteiger partial charge in [0.1, 0.15) is 5.75 Å². The molecule has 1 aromatic rings. The smallest absolute Gasteiger partial charge is 0.257 e. The van der Waals surface area contributed by atoms with Gasteiger partial charge >= 0.3 is 0 Å². The number of nitrogens with one attached hydrogen (secondary N) is 1. The van der Waals surface area contributed by atoms with Gasteiger partial charge in [0.15, 0.2) is 6.61 Å². The van der Waals surface area contributed by atoms with E-state index in [9.17, 15) is 4.79 Å². The number of hydrogen-bond donors (Lipinski definition) is 2. The summed E-state index contributed by atoms with van der Waals surface area (Å²) in [6.07, 6.45) is 2.36. The maximum atomic E-state index is 11.6. The Morgan fingerprint density at radius 1 is 1.55 bits per heavy atom. The van der Waals surface area contributed by atoms with Gasteiger partial charge in [-0.3, -0.25) is 4.79 Å². The number of benzene rings is 1. The van der Waals surface area contributed by atoms with E-state index in [-0.39, 0.29) is 31.0 Å². The summed E-state index contributed by atoms with van der Waals surface area (Å²) in [5.41, 5.74) is 6.83. The Hall–Kier alpha value is -0.970. The molecule has 1 saturated carbocycles. The van der Waals surface area contributed by atoms with Gasteiger partial charge in [0.05, 0.1) is 0 Å². The quantitative estimate of drug-likeness (QED) is 0.846. The van der Waals surface area contributed by atoms with Gasteiger partial charge in [0.25, 0.3) is 5.91 Å². The molecule has 1 unspecified atom stereocenters. The summed E-state index contributed by atoms with van der Waals surface area (Å²) in [6.45, 7) is 2.41. The van der Waals surface area contributed by atoms with E-state index in [0.29, 0.717) is 23.2 Å². The summed E-state index contributed by atoms with van der Waals surface area (Å²) in [5.74, 6) is 1.08. The second-order valence-corrected chi connectivity index (χ2v) is 5.41. The standard InChI is InChI=1S/C14H19ClN2O2.ClH/c1-9-6-11(4-5-12(9)15)19-8-14(18)17-7-13(16)10-2-3-10;/h4-6,10,13H,2-3,7-8,16H2,1H3,(H,17,18);1H. The second kappa shape index (κ2) is 7.72. The van der Waals surface area contributed by atoms with Crippen LogP contribution in [0.1, 0.15) is 18.4 Å². The lowest BCUT2D eigenvalue weighted by Gasteiger charge is -2.12. The normalized spacial score (nSPS) is 15.2. The van der Waals surface area contributed by atoms with Crippen LogP contribution in [-0.2, 0) is 4.79 Å². The minimum absolute atomic E-state index is 0. The predicted octanol–water partition coefficient (Wildman–Crippen LogP) is 2.30. The van der Waals surface area contributed by atoms with Crippen LogP contribution >= 0.6 is 24.0 Å². The van der Waals surface area contributed by atoms with Crippen LogP contribution in [0, 0.1) is 12.8 Å². The number of carbonyl (C=O) groups excluding carboxylic acids is 1. The van der Waals surface area contributed by atoms with E-state index in [2.05, 4.69) is 5.32 Å². The molecule has 0 heterocycles. The van der Waals surface area contributed by atoms with Gasteiger partial charge in [-0.1, -0.05) is 11.6 Å². The first-order valence-electron chi connectivity index (χ1n) is 6.47. The molecule has 1 amide bonds. The molecule has 0 aliphatic heterocycles. The Balaban J connectivity index is 0.00000200. The molecule has 0 saturated heterocycles. The Kier molecular flexibility index (Phi) is 6.59. The zero-order valence-corrected chi connectivity index (χ0v) is 13.0. The average molecular weight is 319 g/mol. The van der Waals surface area contributed by atoms with Crippen LogP contribution in [-0.4, -0.2) is 25.1 Å². The number of halogens is 2. The summed E-state index contributed by atoms with van der Waals surface area (Å²) in [6, 6.07) is 5.39. The van der Waals surface area contributed by atoms with Crippen LogP contribution in [0.2, 0.25) is 5.02 Å². The van der Waals surface area contributed by atoms with Crippen molar-refractivity contribution in [1.29, 1.82) is 0 Å².